The van der Waals surface area contributed by atoms with Crippen LogP contribution in [0.4, 0.5) is 17.6 Å². The molecule has 0 aliphatic carbocycles. The number of ether oxygens (including phenoxy) is 1. The predicted octanol–water partition coefficient (Wildman–Crippen LogP) is 3.71. The molecule has 1 amide bonds. The lowest BCUT2D eigenvalue weighted by atomic mass is 9.95. The molecule has 11 heteroatoms. The van der Waals surface area contributed by atoms with Crippen molar-refractivity contribution >= 4 is 28.9 Å². The Labute approximate surface area is 196 Å². The zero-order valence-corrected chi connectivity index (χ0v) is 19.1. The molecule has 2 fully saturated rings. The smallest absolute Gasteiger partial charge is 0.286 e. The second-order valence-electron chi connectivity index (χ2n) is 8.08. The molecular weight excluding hydrogens is 484 g/mol. The number of rotatable bonds is 6. The van der Waals surface area contributed by atoms with Crippen molar-refractivity contribution in [3.05, 3.63) is 58.6 Å². The molecule has 2 aliphatic rings. The van der Waals surface area contributed by atoms with Gasteiger partial charge in [0, 0.05) is 28.9 Å². The molecule has 0 saturated carbocycles. The second-order valence-corrected chi connectivity index (χ2v) is 9.63. The predicted molar refractivity (Wildman–Crippen MR) is 116 cm³/mol. The Kier molecular flexibility index (Phi) is 6.93. The molecule has 2 aromatic carbocycles. The minimum Gasteiger partial charge on any atom is -0.598 e. The van der Waals surface area contributed by atoms with Gasteiger partial charge in [0.15, 0.2) is 0 Å². The van der Waals surface area contributed by atoms with Crippen molar-refractivity contribution in [2.24, 2.45) is 0 Å². The van der Waals surface area contributed by atoms with Gasteiger partial charge in [-0.15, -0.1) is 4.72 Å². The van der Waals surface area contributed by atoms with Crippen LogP contribution in [0.15, 0.2) is 36.4 Å². The number of hydrogen-bond donors (Lipinski definition) is 1. The van der Waals surface area contributed by atoms with Crippen LogP contribution in [0.2, 0.25) is 5.02 Å². The number of hydrogen-bond acceptors (Lipinski definition) is 4. The molecule has 2 aromatic rings. The van der Waals surface area contributed by atoms with Crippen LogP contribution in [0.3, 0.4) is 0 Å². The Balaban J connectivity index is 1.71. The number of alkyl halides is 2. The summed E-state index contributed by atoms with van der Waals surface area (Å²) in [4.78, 5) is 13.8. The third-order valence-corrected chi connectivity index (χ3v) is 6.80. The summed E-state index contributed by atoms with van der Waals surface area (Å²) in [5, 5.41) is -0.181. The van der Waals surface area contributed by atoms with Crippen LogP contribution in [-0.4, -0.2) is 58.9 Å². The summed E-state index contributed by atoms with van der Waals surface area (Å²) in [7, 11) is 0. The summed E-state index contributed by atoms with van der Waals surface area (Å²) in [5.74, 6) is -5.63. The Morgan fingerprint density at radius 3 is 2.48 bits per heavy atom. The maximum absolute atomic E-state index is 15.5. The van der Waals surface area contributed by atoms with Crippen LogP contribution >= 0.6 is 11.6 Å². The summed E-state index contributed by atoms with van der Waals surface area (Å²) < 4.78 is 79.0. The van der Waals surface area contributed by atoms with E-state index in [4.69, 9.17) is 16.3 Å². The summed E-state index contributed by atoms with van der Waals surface area (Å²) in [5.41, 5.74) is -0.143. The van der Waals surface area contributed by atoms with Gasteiger partial charge in [0.25, 0.3) is 11.8 Å². The number of nitrogens with one attached hydrogen (secondary N) is 1. The van der Waals surface area contributed by atoms with Crippen LogP contribution in [0.25, 0.3) is 11.1 Å². The van der Waals surface area contributed by atoms with E-state index in [2.05, 4.69) is 4.72 Å². The van der Waals surface area contributed by atoms with Crippen molar-refractivity contribution in [2.75, 3.05) is 19.4 Å². The van der Waals surface area contributed by atoms with E-state index in [1.807, 2.05) is 0 Å². The van der Waals surface area contributed by atoms with E-state index in [0.29, 0.717) is 13.0 Å². The lowest BCUT2D eigenvalue weighted by Gasteiger charge is -2.33. The van der Waals surface area contributed by atoms with Crippen LogP contribution in [0.1, 0.15) is 12.0 Å². The van der Waals surface area contributed by atoms with Crippen molar-refractivity contribution in [2.45, 2.75) is 37.0 Å². The van der Waals surface area contributed by atoms with Crippen LogP contribution in [-0.2, 0) is 27.3 Å². The number of amides is 1. The first-order chi connectivity index (χ1) is 15.6. The highest BCUT2D eigenvalue weighted by molar-refractivity contribution is 7.88. The first kappa shape index (κ1) is 24.3. The zero-order valence-electron chi connectivity index (χ0n) is 17.5. The number of carbonyl (C=O) groups excluding carboxylic acids is 1. The highest BCUT2D eigenvalue weighted by Crippen LogP contribution is 2.38. The van der Waals surface area contributed by atoms with E-state index in [9.17, 15) is 22.5 Å². The SMILES string of the molecule is C[S+]([O-])N[C@@H]1[C@H](Cc2cccc(-c3cccc(Cl)c3F)c2F)N(C(=O)C2CCO2)CC1(F)F. The van der Waals surface area contributed by atoms with Gasteiger partial charge in [-0.3, -0.25) is 4.79 Å². The molecule has 1 N–H and O–H groups in total. The van der Waals surface area contributed by atoms with Crippen molar-refractivity contribution in [3.63, 3.8) is 0 Å². The lowest BCUT2D eigenvalue weighted by molar-refractivity contribution is -0.158. The van der Waals surface area contributed by atoms with Crippen LogP contribution in [0, 0.1) is 11.6 Å². The number of carbonyl (C=O) groups is 1. The molecule has 178 valence electrons. The molecule has 2 heterocycles. The monoisotopic (exact) mass is 504 g/mol. The zero-order chi connectivity index (χ0) is 23.9. The van der Waals surface area contributed by atoms with Gasteiger partial charge in [-0.2, -0.15) is 0 Å². The Hall–Kier alpha value is -1.85. The third kappa shape index (κ3) is 4.72. The number of halogens is 5. The topological polar surface area (TPSA) is 64.6 Å². The molecule has 2 saturated heterocycles. The van der Waals surface area contributed by atoms with Crippen LogP contribution in [0.5, 0.6) is 0 Å². The number of likely N-dealkylation sites (tertiary alicyclic amines) is 1. The molecule has 0 radical (unpaired) electrons. The first-order valence-corrected chi connectivity index (χ1v) is 12.1. The Morgan fingerprint density at radius 2 is 1.88 bits per heavy atom. The second kappa shape index (κ2) is 9.42. The third-order valence-electron chi connectivity index (χ3n) is 5.92. The van der Waals surface area contributed by atoms with E-state index in [0.717, 1.165) is 4.90 Å². The van der Waals surface area contributed by atoms with Gasteiger partial charge in [-0.25, -0.2) is 17.6 Å². The number of benzene rings is 2. The fraction of sp³-hybridized carbons (Fsp3) is 0.409. The minimum absolute atomic E-state index is 0.00980. The molecule has 2 unspecified atom stereocenters. The van der Waals surface area contributed by atoms with E-state index < -0.39 is 59.6 Å². The fourth-order valence-electron chi connectivity index (χ4n) is 4.22. The van der Waals surface area contributed by atoms with Crippen molar-refractivity contribution in [3.8, 4) is 11.1 Å². The van der Waals surface area contributed by atoms with Gasteiger partial charge < -0.3 is 14.2 Å². The first-order valence-electron chi connectivity index (χ1n) is 10.2. The highest BCUT2D eigenvalue weighted by Gasteiger charge is 2.58. The molecule has 0 spiro atoms. The summed E-state index contributed by atoms with van der Waals surface area (Å²) >= 11 is 4.01. The van der Waals surface area contributed by atoms with Gasteiger partial charge in [-0.1, -0.05) is 41.9 Å². The summed E-state index contributed by atoms with van der Waals surface area (Å²) in [6.07, 6.45) is 0.482. The van der Waals surface area contributed by atoms with Gasteiger partial charge >= 0.3 is 0 Å². The fourth-order valence-corrected chi connectivity index (χ4v) is 5.08. The Morgan fingerprint density at radius 1 is 1.24 bits per heavy atom. The normalized spacial score (nSPS) is 25.1. The molecule has 33 heavy (non-hydrogen) atoms. The largest absolute Gasteiger partial charge is 0.598 e. The van der Waals surface area contributed by atoms with Gasteiger partial charge in [0.2, 0.25) is 0 Å². The number of nitrogens with zero attached hydrogens (tertiary/aromatic N) is 1. The average Bonchev–Trinajstić information content (AvgIpc) is 2.95. The van der Waals surface area contributed by atoms with E-state index in [1.54, 1.807) is 0 Å². The van der Waals surface area contributed by atoms with E-state index >= 15 is 4.39 Å². The van der Waals surface area contributed by atoms with Crippen molar-refractivity contribution in [1.29, 1.82) is 0 Å². The maximum atomic E-state index is 15.5. The molecule has 4 rings (SSSR count). The molecule has 5 nitrogen and oxygen atoms in total. The minimum atomic E-state index is -3.40. The van der Waals surface area contributed by atoms with Gasteiger partial charge in [-0.05, 0) is 18.1 Å². The molecule has 0 aromatic heterocycles. The molecule has 4 atom stereocenters. The maximum Gasteiger partial charge on any atom is 0.286 e. The van der Waals surface area contributed by atoms with Crippen molar-refractivity contribution in [1.82, 2.24) is 9.62 Å². The van der Waals surface area contributed by atoms with Crippen molar-refractivity contribution < 1.29 is 31.6 Å². The Bertz CT molecular complexity index is 1050. The standard InChI is InChI=1S/C22H21ClF4N2O3S/c1-33(31)28-20-16(29(11-22(20,26)27)21(30)17-8-9-32-17)10-12-4-2-5-13(18(12)24)14-6-3-7-15(23)19(14)25/h2-7,16-17,20,28H,8-11H2,1H3/t16-,17?,20+,33?/m0/s1. The summed E-state index contributed by atoms with van der Waals surface area (Å²) in [6, 6.07) is 5.52. The summed E-state index contributed by atoms with van der Waals surface area (Å²) in [6.45, 7) is -0.552. The van der Waals surface area contributed by atoms with E-state index in [1.165, 1.54) is 42.7 Å². The highest BCUT2D eigenvalue weighted by atomic mass is 35.5. The molecular formula is C22H21ClF4N2O3S. The molecule has 2 aliphatic heterocycles. The lowest BCUT2D eigenvalue weighted by Crippen LogP contribution is -2.54. The quantitative estimate of drug-likeness (QED) is 0.481. The van der Waals surface area contributed by atoms with Gasteiger partial charge in [0.05, 0.1) is 24.2 Å². The van der Waals surface area contributed by atoms with E-state index in [-0.39, 0.29) is 28.1 Å². The average molecular weight is 505 g/mol. The van der Waals surface area contributed by atoms with Gasteiger partial charge in [0.1, 0.15) is 30.0 Å². The van der Waals surface area contributed by atoms with Crippen LogP contribution < -0.4 is 4.72 Å². The molecule has 0 bridgehead atoms.